The molecule has 2 aromatic heterocycles. The molecule has 5 rings (SSSR count). The molecule has 0 fully saturated rings. The van der Waals surface area contributed by atoms with Gasteiger partial charge in [-0.05, 0) is 48.9 Å². The second kappa shape index (κ2) is 6.55. The second-order valence-electron chi connectivity index (χ2n) is 8.76. The van der Waals surface area contributed by atoms with E-state index in [1.165, 1.54) is 69.0 Å². The summed E-state index contributed by atoms with van der Waals surface area (Å²) in [5.74, 6) is 0. The van der Waals surface area contributed by atoms with Crippen LogP contribution in [0.3, 0.4) is 0 Å². The van der Waals surface area contributed by atoms with Crippen molar-refractivity contribution < 1.29 is 9.13 Å². The lowest BCUT2D eigenvalue weighted by molar-refractivity contribution is -0.693. The first-order valence-corrected chi connectivity index (χ1v) is 10.7. The minimum atomic E-state index is 1.11. The Bertz CT molecular complexity index is 1020. The van der Waals surface area contributed by atoms with Gasteiger partial charge in [0.15, 0.2) is 11.4 Å². The quantitative estimate of drug-likeness (QED) is 0.506. The van der Waals surface area contributed by atoms with Crippen molar-refractivity contribution >= 4 is 0 Å². The summed E-state index contributed by atoms with van der Waals surface area (Å²) in [6.07, 6.45) is 4.74. The number of aromatic nitrogens is 2. The maximum absolute atomic E-state index is 2.55. The molecule has 0 radical (unpaired) electrons. The van der Waals surface area contributed by atoms with Gasteiger partial charge in [0.1, 0.15) is 13.1 Å². The van der Waals surface area contributed by atoms with Gasteiger partial charge in [-0.15, -0.1) is 0 Å². The Kier molecular flexibility index (Phi) is 4.12. The van der Waals surface area contributed by atoms with Crippen LogP contribution in [0.15, 0.2) is 36.4 Å². The largest absolute Gasteiger partial charge is 0.214 e. The summed E-state index contributed by atoms with van der Waals surface area (Å²) in [6.45, 7) is 11.2. The average Bonchev–Trinajstić information content (AvgIpc) is 2.94. The van der Waals surface area contributed by atoms with Gasteiger partial charge in [-0.2, -0.15) is 9.13 Å². The van der Waals surface area contributed by atoms with Gasteiger partial charge in [0.2, 0.25) is 11.4 Å². The van der Waals surface area contributed by atoms with E-state index in [2.05, 4.69) is 73.2 Å². The third-order valence-corrected chi connectivity index (χ3v) is 6.58. The molecule has 0 bridgehead atoms. The molecule has 0 spiro atoms. The highest BCUT2D eigenvalue weighted by Crippen LogP contribution is 2.39. The number of benzene rings is 1. The maximum atomic E-state index is 2.55. The fraction of sp³-hybridized carbons (Fsp3) is 0.385. The summed E-state index contributed by atoms with van der Waals surface area (Å²) >= 11 is 0. The predicted molar refractivity (Wildman–Crippen MR) is 113 cm³/mol. The van der Waals surface area contributed by atoms with Crippen LogP contribution < -0.4 is 9.13 Å². The number of hydrogen-bond donors (Lipinski definition) is 0. The van der Waals surface area contributed by atoms with Gasteiger partial charge in [0.05, 0.1) is 11.1 Å². The van der Waals surface area contributed by atoms with E-state index in [1.807, 2.05) is 0 Å². The molecule has 28 heavy (non-hydrogen) atoms. The molecule has 0 saturated carbocycles. The summed E-state index contributed by atoms with van der Waals surface area (Å²) in [7, 11) is 0. The Hall–Kier alpha value is -2.48. The van der Waals surface area contributed by atoms with Crippen LogP contribution in [0.2, 0.25) is 0 Å². The summed E-state index contributed by atoms with van der Waals surface area (Å²) in [5.41, 5.74) is 14.3. The van der Waals surface area contributed by atoms with Crippen molar-refractivity contribution in [3.05, 3.63) is 70.0 Å². The Balaban J connectivity index is 1.92. The zero-order chi connectivity index (χ0) is 19.4. The van der Waals surface area contributed by atoms with Gasteiger partial charge in [0, 0.05) is 51.0 Å². The molecule has 1 aromatic carbocycles. The molecule has 0 aliphatic carbocycles. The van der Waals surface area contributed by atoms with Crippen molar-refractivity contribution in [1.29, 1.82) is 0 Å². The number of pyridine rings is 2. The van der Waals surface area contributed by atoms with Gasteiger partial charge in [-0.3, -0.25) is 0 Å². The van der Waals surface area contributed by atoms with E-state index in [1.54, 1.807) is 0 Å². The first-order valence-electron chi connectivity index (χ1n) is 10.7. The van der Waals surface area contributed by atoms with Gasteiger partial charge in [-0.25, -0.2) is 0 Å². The Morgan fingerprint density at radius 1 is 0.607 bits per heavy atom. The maximum Gasteiger partial charge on any atom is 0.214 e. The molecule has 0 N–H and O–H groups in total. The second-order valence-corrected chi connectivity index (χ2v) is 8.76. The minimum absolute atomic E-state index is 1.11. The molecule has 2 aliphatic heterocycles. The smallest absolute Gasteiger partial charge is 0.196 e. The summed E-state index contributed by atoms with van der Waals surface area (Å²) in [5, 5.41) is 0. The van der Waals surface area contributed by atoms with Crippen LogP contribution in [-0.2, 0) is 25.9 Å². The van der Waals surface area contributed by atoms with Crippen LogP contribution in [0.25, 0.3) is 22.5 Å². The van der Waals surface area contributed by atoms with Crippen LogP contribution in [0, 0.1) is 27.7 Å². The van der Waals surface area contributed by atoms with E-state index >= 15 is 0 Å². The van der Waals surface area contributed by atoms with Crippen molar-refractivity contribution in [1.82, 2.24) is 0 Å². The number of rotatable bonds is 0. The first kappa shape index (κ1) is 17.6. The third kappa shape index (κ3) is 2.70. The predicted octanol–water partition coefficient (Wildman–Crippen LogP) is 4.72. The van der Waals surface area contributed by atoms with Gasteiger partial charge in [-0.1, -0.05) is 12.1 Å². The molecule has 2 aliphatic rings. The fourth-order valence-corrected chi connectivity index (χ4v) is 5.42. The lowest BCUT2D eigenvalue weighted by Gasteiger charge is -2.15. The highest BCUT2D eigenvalue weighted by Gasteiger charge is 2.32. The van der Waals surface area contributed by atoms with Crippen molar-refractivity contribution in [3.8, 4) is 22.5 Å². The lowest BCUT2D eigenvalue weighted by Crippen LogP contribution is -2.40. The van der Waals surface area contributed by atoms with Gasteiger partial charge in [0.25, 0.3) is 0 Å². The number of hydrogen-bond acceptors (Lipinski definition) is 0. The van der Waals surface area contributed by atoms with Crippen LogP contribution in [0.5, 0.6) is 0 Å². The number of fused-ring (bicyclic) bond motifs is 7. The van der Waals surface area contributed by atoms with Gasteiger partial charge < -0.3 is 0 Å². The minimum Gasteiger partial charge on any atom is -0.196 e. The summed E-state index contributed by atoms with van der Waals surface area (Å²) in [6, 6.07) is 14.3. The van der Waals surface area contributed by atoms with Crippen molar-refractivity contribution in [2.45, 2.75) is 66.5 Å². The first-order chi connectivity index (χ1) is 13.5. The lowest BCUT2D eigenvalue weighted by atomic mass is 9.88. The van der Waals surface area contributed by atoms with Crippen molar-refractivity contribution in [2.75, 3.05) is 0 Å². The monoisotopic (exact) mass is 370 g/mol. The third-order valence-electron chi connectivity index (χ3n) is 6.58. The Morgan fingerprint density at radius 3 is 1.46 bits per heavy atom. The highest BCUT2D eigenvalue weighted by molar-refractivity contribution is 5.84. The molecule has 142 valence electrons. The molecule has 3 aromatic rings. The molecule has 0 atom stereocenters. The summed E-state index contributed by atoms with van der Waals surface area (Å²) in [4.78, 5) is 0. The molecule has 2 nitrogen and oxygen atoms in total. The molecule has 0 saturated heterocycles. The Labute approximate surface area is 168 Å². The van der Waals surface area contributed by atoms with Gasteiger partial charge >= 0.3 is 0 Å². The van der Waals surface area contributed by atoms with E-state index in [0.717, 1.165) is 25.9 Å². The molecule has 0 unspecified atom stereocenters. The average molecular weight is 371 g/mol. The van der Waals surface area contributed by atoms with E-state index in [4.69, 9.17) is 0 Å². The topological polar surface area (TPSA) is 7.76 Å². The number of nitrogens with zero attached hydrogens (tertiary/aromatic N) is 2. The zero-order valence-corrected chi connectivity index (χ0v) is 17.6. The standard InChI is InChI=1S/C26H30N2/c1-17-13-19(3)27-11-5-7-21-9-10-22-8-6-12-28-20(4)14-18(2)16-24(28)26(22)25(21)23(27)15-17/h9-10,13-16H,5-8,11-12H2,1-4H3/q+2. The molecular weight excluding hydrogens is 340 g/mol. The molecular formula is C26H30N2+2. The highest BCUT2D eigenvalue weighted by atomic mass is 15.0. The van der Waals surface area contributed by atoms with Crippen LogP contribution >= 0.6 is 0 Å². The van der Waals surface area contributed by atoms with Crippen LogP contribution in [0.1, 0.15) is 46.5 Å². The normalized spacial score (nSPS) is 15.0. The van der Waals surface area contributed by atoms with E-state index in [-0.39, 0.29) is 0 Å². The fourth-order valence-electron chi connectivity index (χ4n) is 5.42. The molecule has 0 amide bonds. The van der Waals surface area contributed by atoms with Crippen LogP contribution in [0.4, 0.5) is 0 Å². The van der Waals surface area contributed by atoms with E-state index in [9.17, 15) is 0 Å². The van der Waals surface area contributed by atoms with E-state index in [0.29, 0.717) is 0 Å². The Morgan fingerprint density at radius 2 is 1.04 bits per heavy atom. The zero-order valence-electron chi connectivity index (χ0n) is 17.6. The van der Waals surface area contributed by atoms with Crippen molar-refractivity contribution in [3.63, 3.8) is 0 Å². The number of aryl methyl sites for hydroxylation is 6. The van der Waals surface area contributed by atoms with E-state index < -0.39 is 0 Å². The molecule has 4 heterocycles. The summed E-state index contributed by atoms with van der Waals surface area (Å²) < 4.78 is 5.11. The SMILES string of the molecule is Cc1cc(C)[n+]2c(c1)-c1c(ccc3c1-c1cc(C)cc(C)[n+]1CCC3)CCC2. The van der Waals surface area contributed by atoms with Crippen LogP contribution in [-0.4, -0.2) is 0 Å². The van der Waals surface area contributed by atoms with Crippen molar-refractivity contribution in [2.24, 2.45) is 0 Å². The molecule has 2 heteroatoms.